The molecule has 3 N–H and O–H groups in total. The van der Waals surface area contributed by atoms with E-state index >= 15 is 0 Å². The highest BCUT2D eigenvalue weighted by Crippen LogP contribution is 2.43. The maximum absolute atomic E-state index is 13.4. The molecule has 0 atom stereocenters. The number of nitrogens with zero attached hydrogens (tertiary/aromatic N) is 2. The van der Waals surface area contributed by atoms with Crippen LogP contribution in [-0.2, 0) is 21.8 Å². The second-order valence-electron chi connectivity index (χ2n) is 8.68. The molecule has 2 saturated heterocycles. The molecule has 2 aromatic carbocycles. The lowest BCUT2D eigenvalue weighted by atomic mass is 9.84. The number of ether oxygens (including phenoxy) is 2. The average molecular weight is 471 g/mol. The van der Waals surface area contributed by atoms with E-state index in [2.05, 4.69) is 9.88 Å². The normalized spacial score (nSPS) is 19.3. The van der Waals surface area contributed by atoms with Gasteiger partial charge in [-0.15, -0.1) is 0 Å². The number of piperidine rings is 1. The topological polar surface area (TPSA) is 85.5 Å². The van der Waals surface area contributed by atoms with Crippen LogP contribution in [0.1, 0.15) is 18.4 Å². The minimum atomic E-state index is -0.806. The number of benzene rings is 2. The van der Waals surface area contributed by atoms with Crippen LogP contribution >= 0.6 is 12.2 Å². The summed E-state index contributed by atoms with van der Waals surface area (Å²) < 4.78 is 27.7. The largest absolute Gasteiger partial charge is 0.399 e. The zero-order chi connectivity index (χ0) is 23.0. The van der Waals surface area contributed by atoms with Crippen molar-refractivity contribution in [3.8, 4) is 0 Å². The van der Waals surface area contributed by atoms with E-state index < -0.39 is 5.79 Å². The molecular weight excluding hydrogens is 443 g/mol. The number of nitrogens with one attached hydrogen (secondary N) is 1. The van der Waals surface area contributed by atoms with Gasteiger partial charge in [-0.3, -0.25) is 9.36 Å². The van der Waals surface area contributed by atoms with E-state index in [1.54, 1.807) is 34.9 Å². The molecule has 0 bridgehead atoms. The van der Waals surface area contributed by atoms with Crippen LogP contribution in [0.3, 0.4) is 0 Å². The number of nitrogen functional groups attached to an aromatic ring is 1. The van der Waals surface area contributed by atoms with Crippen LogP contribution in [0.15, 0.2) is 47.3 Å². The number of hydrogen-bond acceptors (Lipinski definition) is 6. The Bertz CT molecular complexity index is 1260. The van der Waals surface area contributed by atoms with Crippen molar-refractivity contribution in [1.29, 1.82) is 0 Å². The smallest absolute Gasteiger partial charge is 0.262 e. The van der Waals surface area contributed by atoms with Crippen molar-refractivity contribution in [2.24, 2.45) is 5.92 Å². The summed E-state index contributed by atoms with van der Waals surface area (Å²) in [6, 6.07) is 11.6. The molecule has 0 unspecified atom stereocenters. The Balaban J connectivity index is 1.27. The molecule has 5 rings (SSSR count). The van der Waals surface area contributed by atoms with Crippen LogP contribution in [0.4, 0.5) is 10.1 Å². The van der Waals surface area contributed by atoms with Gasteiger partial charge < -0.3 is 25.1 Å². The molecule has 33 heavy (non-hydrogen) atoms. The van der Waals surface area contributed by atoms with Crippen LogP contribution < -0.4 is 11.3 Å². The number of likely N-dealkylation sites (tertiary alicyclic amines) is 1. The number of aromatic amines is 1. The molecule has 1 aromatic heterocycles. The third kappa shape index (κ3) is 4.21. The minimum absolute atomic E-state index is 0.105. The molecular formula is C24H27FN4O3S. The van der Waals surface area contributed by atoms with Gasteiger partial charge in [0, 0.05) is 30.3 Å². The molecule has 3 heterocycles. The van der Waals surface area contributed by atoms with E-state index in [0.29, 0.717) is 41.1 Å². The number of aromatic nitrogens is 2. The Morgan fingerprint density at radius 2 is 1.79 bits per heavy atom. The Morgan fingerprint density at radius 1 is 1.09 bits per heavy atom. The summed E-state index contributed by atoms with van der Waals surface area (Å²) in [4.78, 5) is 18.4. The van der Waals surface area contributed by atoms with Gasteiger partial charge in [-0.2, -0.15) is 0 Å². The molecule has 0 aliphatic carbocycles. The number of fused-ring (bicyclic) bond motifs is 1. The summed E-state index contributed by atoms with van der Waals surface area (Å²) >= 11 is 5.43. The molecule has 0 radical (unpaired) electrons. The summed E-state index contributed by atoms with van der Waals surface area (Å²) in [5, 5.41) is 0.577. The van der Waals surface area contributed by atoms with Crippen molar-refractivity contribution in [1.82, 2.24) is 14.5 Å². The van der Waals surface area contributed by atoms with E-state index in [9.17, 15) is 9.18 Å². The first-order valence-electron chi connectivity index (χ1n) is 11.2. The van der Waals surface area contributed by atoms with Gasteiger partial charge in [0.25, 0.3) is 5.56 Å². The van der Waals surface area contributed by atoms with E-state index in [0.717, 1.165) is 38.0 Å². The predicted octanol–water partition coefficient (Wildman–Crippen LogP) is 3.39. The molecule has 2 fully saturated rings. The van der Waals surface area contributed by atoms with Crippen molar-refractivity contribution in [2.75, 3.05) is 38.6 Å². The summed E-state index contributed by atoms with van der Waals surface area (Å²) in [5.41, 5.74) is 7.83. The Morgan fingerprint density at radius 3 is 2.48 bits per heavy atom. The molecule has 7 nitrogen and oxygen atoms in total. The Kier molecular flexibility index (Phi) is 6.05. The second kappa shape index (κ2) is 8.98. The first-order chi connectivity index (χ1) is 16.0. The van der Waals surface area contributed by atoms with Gasteiger partial charge >= 0.3 is 0 Å². The number of hydrogen-bond donors (Lipinski definition) is 2. The Labute approximate surface area is 195 Å². The number of halogens is 1. The number of H-pyrrole nitrogens is 1. The minimum Gasteiger partial charge on any atom is -0.399 e. The van der Waals surface area contributed by atoms with Gasteiger partial charge in [0.2, 0.25) is 0 Å². The van der Waals surface area contributed by atoms with E-state index in [1.807, 2.05) is 0 Å². The van der Waals surface area contributed by atoms with Crippen molar-refractivity contribution in [3.63, 3.8) is 0 Å². The highest BCUT2D eigenvalue weighted by molar-refractivity contribution is 7.71. The van der Waals surface area contributed by atoms with Gasteiger partial charge in [0.15, 0.2) is 10.6 Å². The number of nitrogens with two attached hydrogens (primary N) is 1. The maximum atomic E-state index is 13.4. The molecule has 0 saturated carbocycles. The maximum Gasteiger partial charge on any atom is 0.262 e. The van der Waals surface area contributed by atoms with Crippen LogP contribution in [0.25, 0.3) is 10.9 Å². The number of rotatable bonds is 5. The first kappa shape index (κ1) is 22.2. The fourth-order valence-corrected chi connectivity index (χ4v) is 5.29. The quantitative estimate of drug-likeness (QED) is 0.439. The van der Waals surface area contributed by atoms with Gasteiger partial charge in [-0.05, 0) is 68.5 Å². The summed E-state index contributed by atoms with van der Waals surface area (Å²) in [6.07, 6.45) is 1.77. The van der Waals surface area contributed by atoms with Gasteiger partial charge in [-0.1, -0.05) is 12.1 Å². The van der Waals surface area contributed by atoms with E-state index in [4.69, 9.17) is 27.4 Å². The average Bonchev–Trinajstić information content (AvgIpc) is 3.31. The molecule has 3 aromatic rings. The summed E-state index contributed by atoms with van der Waals surface area (Å²) in [7, 11) is 0. The Hall–Kier alpha value is -2.59. The molecule has 2 aliphatic rings. The second-order valence-corrected chi connectivity index (χ2v) is 9.07. The monoisotopic (exact) mass is 470 g/mol. The first-order valence-corrected chi connectivity index (χ1v) is 11.7. The lowest BCUT2D eigenvalue weighted by Crippen LogP contribution is -2.45. The summed E-state index contributed by atoms with van der Waals surface area (Å²) in [6.45, 7) is 4.01. The zero-order valence-corrected chi connectivity index (χ0v) is 19.1. The van der Waals surface area contributed by atoms with Crippen molar-refractivity contribution in [3.05, 3.63) is 69.0 Å². The van der Waals surface area contributed by atoms with Crippen molar-refractivity contribution in [2.45, 2.75) is 25.2 Å². The number of anilines is 1. The third-order valence-electron chi connectivity index (χ3n) is 6.73. The van der Waals surface area contributed by atoms with Gasteiger partial charge in [0.05, 0.1) is 24.1 Å². The van der Waals surface area contributed by atoms with Crippen molar-refractivity contribution < 1.29 is 13.9 Å². The fraction of sp³-hybridized carbons (Fsp3) is 0.417. The SMILES string of the molecule is Nc1ccc2c(=O)n(CCN3CCC(C4(c5ccc(F)cc5)OCCO4)CC3)c(=S)[nH]c2c1. The molecule has 9 heteroatoms. The molecule has 0 spiro atoms. The lowest BCUT2D eigenvalue weighted by Gasteiger charge is -2.41. The van der Waals surface area contributed by atoms with Crippen LogP contribution in [0, 0.1) is 16.5 Å². The zero-order valence-electron chi connectivity index (χ0n) is 18.3. The summed E-state index contributed by atoms with van der Waals surface area (Å²) in [5.74, 6) is -0.898. The van der Waals surface area contributed by atoms with Gasteiger partial charge in [-0.25, -0.2) is 4.39 Å². The molecule has 2 aliphatic heterocycles. The lowest BCUT2D eigenvalue weighted by molar-refractivity contribution is -0.214. The molecule has 0 amide bonds. The predicted molar refractivity (Wildman–Crippen MR) is 127 cm³/mol. The van der Waals surface area contributed by atoms with Gasteiger partial charge in [0.1, 0.15) is 5.82 Å². The third-order valence-corrected chi connectivity index (χ3v) is 7.06. The fourth-order valence-electron chi connectivity index (χ4n) is 5.00. The van der Waals surface area contributed by atoms with Crippen LogP contribution in [0.2, 0.25) is 0 Å². The standard InChI is InChI=1S/C24H27FN4O3S/c25-18-3-1-16(2-4-18)24(31-13-14-32-24)17-7-9-28(10-8-17)11-12-29-22(30)20-6-5-19(26)15-21(20)27-23(29)33/h1-6,15,17H,7-14,26H2,(H,27,33). The highest BCUT2D eigenvalue weighted by atomic mass is 32.1. The van der Waals surface area contributed by atoms with Crippen molar-refractivity contribution >= 4 is 28.8 Å². The van der Waals surface area contributed by atoms with E-state index in [1.165, 1.54) is 12.1 Å². The van der Waals surface area contributed by atoms with E-state index in [-0.39, 0.29) is 17.3 Å². The molecule has 174 valence electrons. The van der Waals surface area contributed by atoms with Crippen LogP contribution in [-0.4, -0.2) is 47.3 Å². The van der Waals surface area contributed by atoms with Crippen LogP contribution in [0.5, 0.6) is 0 Å². The highest BCUT2D eigenvalue weighted by Gasteiger charge is 2.46.